The Bertz CT molecular complexity index is 826. The minimum absolute atomic E-state index is 0. The van der Waals surface area contributed by atoms with Crippen LogP contribution in [0, 0.1) is 0 Å². The van der Waals surface area contributed by atoms with Gasteiger partial charge in [-0.2, -0.15) is 0 Å². The van der Waals surface area contributed by atoms with Crippen molar-refractivity contribution in [1.82, 2.24) is 0 Å². The molecule has 2 rings (SSSR count). The first kappa shape index (κ1) is 16.3. The molecule has 0 fully saturated rings. The van der Waals surface area contributed by atoms with Crippen molar-refractivity contribution in [3.8, 4) is 0 Å². The molecule has 0 atom stereocenters. The van der Waals surface area contributed by atoms with Crippen molar-refractivity contribution in [3.63, 3.8) is 0 Å². The summed E-state index contributed by atoms with van der Waals surface area (Å²) in [5, 5.41) is 0.281. The van der Waals surface area contributed by atoms with Crippen molar-refractivity contribution in [1.29, 1.82) is 0 Å². The molecule has 0 heterocycles. The van der Waals surface area contributed by atoms with Crippen LogP contribution in [-0.4, -0.2) is 49.0 Å². The van der Waals surface area contributed by atoms with Crippen molar-refractivity contribution in [3.05, 3.63) is 36.4 Å². The van der Waals surface area contributed by atoms with Gasteiger partial charge in [0.25, 0.3) is 0 Å². The molecule has 0 saturated heterocycles. The molecule has 96 valence electrons. The second-order valence-corrected chi connectivity index (χ2v) is 6.19. The van der Waals surface area contributed by atoms with E-state index < -0.39 is 30.0 Å². The molecule has 2 aromatic carbocycles. The van der Waals surface area contributed by atoms with Crippen molar-refractivity contribution in [2.45, 2.75) is 9.79 Å². The van der Waals surface area contributed by atoms with Crippen molar-refractivity contribution < 1.29 is 25.9 Å². The fraction of sp³-hybridized carbons (Fsp3) is 0. The van der Waals surface area contributed by atoms with Gasteiger partial charge in [-0.25, -0.2) is 16.8 Å². The fourth-order valence-corrected chi connectivity index (χ4v) is 3.63. The number of rotatable bonds is 2. The van der Waals surface area contributed by atoms with Crippen LogP contribution in [0.5, 0.6) is 0 Å². The Kier molecular flexibility index (Phi) is 4.60. The summed E-state index contributed by atoms with van der Waals surface area (Å²) in [4.78, 5) is -2.01. The minimum Gasteiger partial charge on any atom is -0.744 e. The molecule has 0 N–H and O–H groups in total. The monoisotopic (exact) mass is 310 g/mol. The normalized spacial score (nSPS) is 12.1. The van der Waals surface area contributed by atoms with Gasteiger partial charge in [0.15, 0.2) is 0 Å². The van der Waals surface area contributed by atoms with E-state index in [1.807, 2.05) is 0 Å². The van der Waals surface area contributed by atoms with E-state index in [0.717, 1.165) is 6.07 Å². The molecule has 9 heteroatoms. The topological polar surface area (TPSA) is 114 Å². The Morgan fingerprint density at radius 2 is 1.37 bits per heavy atom. The smallest absolute Gasteiger partial charge is 0.744 e. The molecule has 0 aliphatic carbocycles. The largest absolute Gasteiger partial charge is 2.00 e. The summed E-state index contributed by atoms with van der Waals surface area (Å²) in [5.74, 6) is 0. The summed E-state index contributed by atoms with van der Waals surface area (Å²) < 4.78 is 66.4. The van der Waals surface area contributed by atoms with E-state index in [9.17, 15) is 25.9 Å². The third kappa shape index (κ3) is 3.24. The standard InChI is InChI=1S/C10H8O6S2.Mg/c11-17(12,13)9-6-5-7-3-1-2-4-8(7)10(9)18(14,15)16;/h1-6H,(H,11,12,13)(H,14,15,16);/q;+2/p-2. The molecule has 0 bridgehead atoms. The Balaban J connectivity index is 0.00000180. The first-order valence-corrected chi connectivity index (χ1v) is 7.46. The zero-order valence-electron chi connectivity index (χ0n) is 9.44. The van der Waals surface area contributed by atoms with Crippen LogP contribution in [0.1, 0.15) is 0 Å². The Labute approximate surface area is 126 Å². The Morgan fingerprint density at radius 1 is 0.789 bits per heavy atom. The molecule has 0 radical (unpaired) electrons. The molecular formula is C10H6MgO6S2. The number of hydrogen-bond donors (Lipinski definition) is 0. The SMILES string of the molecule is O=S(=O)([O-])c1ccc2ccccc2c1S(=O)(=O)[O-].[Mg+2]. The van der Waals surface area contributed by atoms with Crippen LogP contribution in [0.4, 0.5) is 0 Å². The van der Waals surface area contributed by atoms with Crippen LogP contribution in [0.3, 0.4) is 0 Å². The zero-order valence-corrected chi connectivity index (χ0v) is 12.5. The van der Waals surface area contributed by atoms with Gasteiger partial charge in [-0.15, -0.1) is 0 Å². The Hall–Kier alpha value is -0.714. The zero-order chi connectivity index (χ0) is 13.6. The third-order valence-electron chi connectivity index (χ3n) is 2.36. The summed E-state index contributed by atoms with van der Waals surface area (Å²) in [6.07, 6.45) is 0. The van der Waals surface area contributed by atoms with Gasteiger partial charge in [0.1, 0.15) is 20.2 Å². The molecule has 0 unspecified atom stereocenters. The average Bonchev–Trinajstić information content (AvgIpc) is 2.24. The maximum Gasteiger partial charge on any atom is 2.00 e. The molecule has 0 aliphatic rings. The fourth-order valence-electron chi connectivity index (χ4n) is 1.68. The molecule has 0 amide bonds. The van der Waals surface area contributed by atoms with Gasteiger partial charge in [0.2, 0.25) is 0 Å². The Morgan fingerprint density at radius 3 is 1.89 bits per heavy atom. The van der Waals surface area contributed by atoms with Crippen LogP contribution in [-0.2, 0) is 20.2 Å². The first-order chi connectivity index (χ1) is 8.21. The molecule has 0 aromatic heterocycles. The van der Waals surface area contributed by atoms with Gasteiger partial charge in [-0.05, 0) is 11.5 Å². The molecule has 0 aliphatic heterocycles. The van der Waals surface area contributed by atoms with E-state index in [1.54, 1.807) is 6.07 Å². The maximum atomic E-state index is 11.2. The minimum atomic E-state index is -5.07. The summed E-state index contributed by atoms with van der Waals surface area (Å²) in [7, 11) is -10.1. The summed E-state index contributed by atoms with van der Waals surface area (Å²) >= 11 is 0. The van der Waals surface area contributed by atoms with E-state index in [2.05, 4.69) is 0 Å². The van der Waals surface area contributed by atoms with Gasteiger partial charge in [0, 0.05) is 5.39 Å². The number of hydrogen-bond acceptors (Lipinski definition) is 6. The van der Waals surface area contributed by atoms with Gasteiger partial charge in [-0.1, -0.05) is 30.3 Å². The van der Waals surface area contributed by atoms with E-state index in [4.69, 9.17) is 0 Å². The van der Waals surface area contributed by atoms with E-state index in [0.29, 0.717) is 5.39 Å². The van der Waals surface area contributed by atoms with Crippen LogP contribution in [0.15, 0.2) is 46.2 Å². The van der Waals surface area contributed by atoms with Crippen LogP contribution >= 0.6 is 0 Å². The molecular weight excluding hydrogens is 305 g/mol. The van der Waals surface area contributed by atoms with Crippen molar-refractivity contribution in [2.75, 3.05) is 0 Å². The summed E-state index contributed by atoms with van der Waals surface area (Å²) in [6.45, 7) is 0. The maximum absolute atomic E-state index is 11.2. The van der Waals surface area contributed by atoms with Crippen LogP contribution in [0.2, 0.25) is 0 Å². The van der Waals surface area contributed by atoms with Gasteiger partial charge >= 0.3 is 23.1 Å². The molecule has 19 heavy (non-hydrogen) atoms. The van der Waals surface area contributed by atoms with Crippen LogP contribution < -0.4 is 0 Å². The average molecular weight is 311 g/mol. The van der Waals surface area contributed by atoms with E-state index >= 15 is 0 Å². The molecule has 2 aromatic rings. The van der Waals surface area contributed by atoms with Gasteiger partial charge in [-0.3, -0.25) is 0 Å². The predicted molar refractivity (Wildman–Crippen MR) is 65.6 cm³/mol. The molecule has 0 saturated carbocycles. The third-order valence-corrected chi connectivity index (χ3v) is 4.31. The summed E-state index contributed by atoms with van der Waals surface area (Å²) in [5.41, 5.74) is 0. The second-order valence-electron chi connectivity index (χ2n) is 3.52. The van der Waals surface area contributed by atoms with Gasteiger partial charge in [0.05, 0.1) is 9.79 Å². The van der Waals surface area contributed by atoms with Gasteiger partial charge < -0.3 is 9.11 Å². The predicted octanol–water partition coefficient (Wildman–Crippen LogP) is 0.267. The number of fused-ring (bicyclic) bond motifs is 1. The van der Waals surface area contributed by atoms with E-state index in [1.165, 1.54) is 24.3 Å². The van der Waals surface area contributed by atoms with Crippen LogP contribution in [0.25, 0.3) is 10.8 Å². The quantitative estimate of drug-likeness (QED) is 0.581. The van der Waals surface area contributed by atoms with E-state index in [-0.39, 0.29) is 28.4 Å². The van der Waals surface area contributed by atoms with Crippen molar-refractivity contribution in [2.24, 2.45) is 0 Å². The molecule has 0 spiro atoms. The summed E-state index contributed by atoms with van der Waals surface area (Å²) in [6, 6.07) is 7.91. The molecule has 6 nitrogen and oxygen atoms in total. The first-order valence-electron chi connectivity index (χ1n) is 4.65. The van der Waals surface area contributed by atoms with Crippen molar-refractivity contribution >= 4 is 54.1 Å². The number of benzene rings is 2. The second kappa shape index (κ2) is 5.35.